The highest BCUT2D eigenvalue weighted by Gasteiger charge is 2.16. The van der Waals surface area contributed by atoms with Crippen LogP contribution in [0.3, 0.4) is 0 Å². The van der Waals surface area contributed by atoms with Crippen LogP contribution in [0.15, 0.2) is 47.3 Å². The predicted octanol–water partition coefficient (Wildman–Crippen LogP) is 2.08. The summed E-state index contributed by atoms with van der Waals surface area (Å²) in [6.07, 6.45) is 0. The number of hydrogen-bond donors (Lipinski definition) is 0. The summed E-state index contributed by atoms with van der Waals surface area (Å²) in [6, 6.07) is 11.3. The van der Waals surface area contributed by atoms with Gasteiger partial charge in [0, 0.05) is 7.05 Å². The normalized spacial score (nSPS) is 10.7. The van der Waals surface area contributed by atoms with Gasteiger partial charge in [0.25, 0.3) is 0 Å². The smallest absolute Gasteiger partial charge is 0.368 e. The zero-order chi connectivity index (χ0) is 17.8. The van der Waals surface area contributed by atoms with Crippen LogP contribution in [-0.4, -0.2) is 26.4 Å². The zero-order valence-electron chi connectivity index (χ0n) is 13.8. The van der Waals surface area contributed by atoms with Crippen molar-refractivity contribution in [3.8, 4) is 17.2 Å². The van der Waals surface area contributed by atoms with Crippen LogP contribution in [0.1, 0.15) is 12.5 Å². The van der Waals surface area contributed by atoms with Gasteiger partial charge in [0.1, 0.15) is 12.4 Å². The molecule has 3 rings (SSSR count). The van der Waals surface area contributed by atoms with Crippen molar-refractivity contribution in [2.24, 2.45) is 7.05 Å². The second-order valence-corrected chi connectivity index (χ2v) is 5.20. The molecule has 25 heavy (non-hydrogen) atoms. The van der Waals surface area contributed by atoms with Crippen molar-refractivity contribution in [1.82, 2.24) is 19.8 Å². The number of tetrazole rings is 1. The fraction of sp³-hybridized carbons (Fsp3) is 0.235. The van der Waals surface area contributed by atoms with Gasteiger partial charge in [0.2, 0.25) is 0 Å². The summed E-state index contributed by atoms with van der Waals surface area (Å²) >= 11 is 0. The summed E-state index contributed by atoms with van der Waals surface area (Å²) in [7, 11) is 1.51. The van der Waals surface area contributed by atoms with Gasteiger partial charge in [-0.3, -0.25) is 0 Å². The Labute approximate surface area is 143 Å². The van der Waals surface area contributed by atoms with Crippen molar-refractivity contribution in [3.63, 3.8) is 0 Å². The van der Waals surface area contributed by atoms with E-state index in [2.05, 4.69) is 10.4 Å². The summed E-state index contributed by atoms with van der Waals surface area (Å²) < 4.78 is 27.3. The molecule has 0 radical (unpaired) electrons. The Bertz CT molecular complexity index is 936. The standard InChI is InChI=1S/C17H17FN4O3/c1-3-24-15-10-6-8-14(22-17(23)21(2)19-20-22)12(15)11-25-16-9-5-4-7-13(16)18/h4-10H,3,11H2,1-2H3. The molecule has 0 aliphatic carbocycles. The van der Waals surface area contributed by atoms with Gasteiger partial charge in [-0.2, -0.15) is 9.36 Å². The maximum Gasteiger partial charge on any atom is 0.368 e. The lowest BCUT2D eigenvalue weighted by Crippen LogP contribution is -2.23. The molecule has 0 aliphatic heterocycles. The first-order valence-corrected chi connectivity index (χ1v) is 7.73. The van der Waals surface area contributed by atoms with Crippen molar-refractivity contribution in [3.05, 3.63) is 64.3 Å². The molecule has 0 aliphatic rings. The first-order chi connectivity index (χ1) is 12.1. The lowest BCUT2D eigenvalue weighted by atomic mass is 10.1. The third-order valence-electron chi connectivity index (χ3n) is 3.57. The average Bonchev–Trinajstić information content (AvgIpc) is 2.94. The average molecular weight is 344 g/mol. The molecular formula is C17H17FN4O3. The molecule has 2 aromatic carbocycles. The Morgan fingerprint density at radius 2 is 1.80 bits per heavy atom. The number of rotatable bonds is 6. The van der Waals surface area contributed by atoms with E-state index >= 15 is 0 Å². The maximum absolute atomic E-state index is 13.8. The van der Waals surface area contributed by atoms with Gasteiger partial charge in [-0.15, -0.1) is 0 Å². The van der Waals surface area contributed by atoms with E-state index < -0.39 is 11.5 Å². The van der Waals surface area contributed by atoms with Crippen LogP contribution in [0.5, 0.6) is 11.5 Å². The highest BCUT2D eigenvalue weighted by Crippen LogP contribution is 2.27. The Balaban J connectivity index is 2.02. The molecule has 0 saturated heterocycles. The molecule has 0 spiro atoms. The lowest BCUT2D eigenvalue weighted by molar-refractivity contribution is 0.274. The number of ether oxygens (including phenoxy) is 2. The van der Waals surface area contributed by atoms with E-state index in [1.807, 2.05) is 6.92 Å². The van der Waals surface area contributed by atoms with Gasteiger partial charge in [-0.1, -0.05) is 18.2 Å². The zero-order valence-corrected chi connectivity index (χ0v) is 13.8. The van der Waals surface area contributed by atoms with Crippen molar-refractivity contribution < 1.29 is 13.9 Å². The van der Waals surface area contributed by atoms with Crippen LogP contribution >= 0.6 is 0 Å². The summed E-state index contributed by atoms with van der Waals surface area (Å²) in [4.78, 5) is 12.2. The molecule has 0 fully saturated rings. The van der Waals surface area contributed by atoms with Crippen LogP contribution in [0.4, 0.5) is 4.39 Å². The molecule has 8 heteroatoms. The van der Waals surface area contributed by atoms with Crippen LogP contribution in [0, 0.1) is 5.82 Å². The number of benzene rings is 2. The molecule has 0 saturated carbocycles. The molecule has 0 unspecified atom stereocenters. The van der Waals surface area contributed by atoms with Crippen molar-refractivity contribution >= 4 is 0 Å². The Morgan fingerprint density at radius 1 is 1.04 bits per heavy atom. The number of para-hydroxylation sites is 1. The Hall–Kier alpha value is -3.16. The molecule has 130 valence electrons. The van der Waals surface area contributed by atoms with Gasteiger partial charge >= 0.3 is 5.69 Å². The molecule has 1 aromatic heterocycles. The number of halogens is 1. The van der Waals surface area contributed by atoms with E-state index in [1.54, 1.807) is 30.3 Å². The minimum Gasteiger partial charge on any atom is -0.493 e. The van der Waals surface area contributed by atoms with Gasteiger partial charge < -0.3 is 9.47 Å². The van der Waals surface area contributed by atoms with Crippen LogP contribution < -0.4 is 15.2 Å². The summed E-state index contributed by atoms with van der Waals surface area (Å²) in [6.45, 7) is 2.30. The molecule has 0 amide bonds. The highest BCUT2D eigenvalue weighted by molar-refractivity contribution is 5.49. The van der Waals surface area contributed by atoms with E-state index in [9.17, 15) is 9.18 Å². The third-order valence-corrected chi connectivity index (χ3v) is 3.57. The topological polar surface area (TPSA) is 71.2 Å². The fourth-order valence-corrected chi connectivity index (χ4v) is 2.36. The SMILES string of the molecule is CCOc1cccc(-n2nnn(C)c2=O)c1COc1ccccc1F. The minimum atomic E-state index is -0.463. The molecule has 1 heterocycles. The van der Waals surface area contributed by atoms with Crippen LogP contribution in [0.2, 0.25) is 0 Å². The molecule has 0 atom stereocenters. The quantitative estimate of drug-likeness (QED) is 0.685. The van der Waals surface area contributed by atoms with Crippen LogP contribution in [-0.2, 0) is 13.7 Å². The molecule has 7 nitrogen and oxygen atoms in total. The second kappa shape index (κ2) is 7.16. The van der Waals surface area contributed by atoms with Gasteiger partial charge in [-0.25, -0.2) is 9.18 Å². The Kier molecular flexibility index (Phi) is 4.78. The maximum atomic E-state index is 13.8. The van der Waals surface area contributed by atoms with E-state index in [0.29, 0.717) is 23.6 Å². The summed E-state index contributed by atoms with van der Waals surface area (Å²) in [5.41, 5.74) is 0.649. The van der Waals surface area contributed by atoms with Crippen molar-refractivity contribution in [1.29, 1.82) is 0 Å². The Morgan fingerprint density at radius 3 is 2.48 bits per heavy atom. The first kappa shape index (κ1) is 16.7. The largest absolute Gasteiger partial charge is 0.493 e. The summed E-state index contributed by atoms with van der Waals surface area (Å²) in [5, 5.41) is 7.57. The summed E-state index contributed by atoms with van der Waals surface area (Å²) in [5.74, 6) is 0.190. The molecular weight excluding hydrogens is 327 g/mol. The monoisotopic (exact) mass is 344 g/mol. The van der Waals surface area contributed by atoms with Gasteiger partial charge in [-0.05, 0) is 41.6 Å². The van der Waals surface area contributed by atoms with Crippen LogP contribution in [0.25, 0.3) is 5.69 Å². The molecule has 3 aromatic rings. The number of nitrogens with zero attached hydrogens (tertiary/aromatic N) is 4. The van der Waals surface area contributed by atoms with Gasteiger partial charge in [0.05, 0.1) is 17.9 Å². The fourth-order valence-electron chi connectivity index (χ4n) is 2.36. The van der Waals surface area contributed by atoms with E-state index in [-0.39, 0.29) is 12.4 Å². The third kappa shape index (κ3) is 3.37. The van der Waals surface area contributed by atoms with Gasteiger partial charge in [0.15, 0.2) is 11.6 Å². The predicted molar refractivity (Wildman–Crippen MR) is 88.5 cm³/mol. The number of aromatic nitrogens is 4. The lowest BCUT2D eigenvalue weighted by Gasteiger charge is -2.15. The number of hydrogen-bond acceptors (Lipinski definition) is 5. The van der Waals surface area contributed by atoms with Crippen molar-refractivity contribution in [2.45, 2.75) is 13.5 Å². The molecule has 0 bridgehead atoms. The second-order valence-electron chi connectivity index (χ2n) is 5.20. The molecule has 0 N–H and O–H groups in total. The van der Waals surface area contributed by atoms with E-state index in [1.165, 1.54) is 19.2 Å². The van der Waals surface area contributed by atoms with Crippen molar-refractivity contribution in [2.75, 3.05) is 6.61 Å². The minimum absolute atomic E-state index is 0.00938. The highest BCUT2D eigenvalue weighted by atomic mass is 19.1. The first-order valence-electron chi connectivity index (χ1n) is 7.73. The van der Waals surface area contributed by atoms with E-state index in [4.69, 9.17) is 9.47 Å². The van der Waals surface area contributed by atoms with E-state index in [0.717, 1.165) is 9.36 Å². The number of aryl methyl sites for hydroxylation is 1.